The van der Waals surface area contributed by atoms with Crippen molar-refractivity contribution in [3.05, 3.63) is 5.01 Å². The van der Waals surface area contributed by atoms with Crippen molar-refractivity contribution in [3.63, 3.8) is 0 Å². The predicted molar refractivity (Wildman–Crippen MR) is 89.3 cm³/mol. The summed E-state index contributed by atoms with van der Waals surface area (Å²) in [6.45, 7) is 6.75. The fourth-order valence-electron chi connectivity index (χ4n) is 2.31. The van der Waals surface area contributed by atoms with Crippen LogP contribution in [-0.2, 0) is 11.2 Å². The lowest BCUT2D eigenvalue weighted by Crippen LogP contribution is -2.51. The highest BCUT2D eigenvalue weighted by Crippen LogP contribution is 2.17. The van der Waals surface area contributed by atoms with Gasteiger partial charge in [-0.15, -0.1) is 10.2 Å². The second kappa shape index (κ2) is 7.96. The van der Waals surface area contributed by atoms with Crippen LogP contribution in [0.3, 0.4) is 0 Å². The molecule has 1 amide bonds. The fourth-order valence-corrected chi connectivity index (χ4v) is 3.04. The molecule has 2 heterocycles. The highest BCUT2D eigenvalue weighted by atomic mass is 32.1. The van der Waals surface area contributed by atoms with E-state index in [0.717, 1.165) is 44.2 Å². The molecular weight excluding hydrogens is 300 g/mol. The van der Waals surface area contributed by atoms with Gasteiger partial charge < -0.3 is 9.80 Å². The molecule has 1 unspecified atom stereocenters. The van der Waals surface area contributed by atoms with Crippen LogP contribution in [0.2, 0.25) is 0 Å². The lowest BCUT2D eigenvalue weighted by atomic mass is 10.2. The number of hydrogen-bond donors (Lipinski definition) is 1. The van der Waals surface area contributed by atoms with Gasteiger partial charge in [-0.2, -0.15) is 0 Å². The largest absolute Gasteiger partial charge is 0.309 e. The number of carbonyl (C=O) groups is 1. The van der Waals surface area contributed by atoms with Crippen molar-refractivity contribution in [2.24, 2.45) is 0 Å². The molecule has 0 aliphatic carbocycles. The minimum Gasteiger partial charge on any atom is -0.309 e. The molecule has 2 rings (SSSR count). The third-order valence-corrected chi connectivity index (χ3v) is 4.83. The Morgan fingerprint density at radius 3 is 2.64 bits per heavy atom. The van der Waals surface area contributed by atoms with Crippen molar-refractivity contribution >= 4 is 22.4 Å². The zero-order valence-corrected chi connectivity index (χ0v) is 14.7. The van der Waals surface area contributed by atoms with E-state index in [0.29, 0.717) is 5.13 Å². The number of aromatic nitrogens is 2. The highest BCUT2D eigenvalue weighted by molar-refractivity contribution is 7.15. The van der Waals surface area contributed by atoms with Crippen molar-refractivity contribution in [2.45, 2.75) is 19.4 Å². The van der Waals surface area contributed by atoms with Crippen LogP contribution in [0.5, 0.6) is 0 Å². The summed E-state index contributed by atoms with van der Waals surface area (Å²) in [6, 6.07) is -0.136. The molecule has 7 nitrogen and oxygen atoms in total. The van der Waals surface area contributed by atoms with Crippen LogP contribution in [0.15, 0.2) is 0 Å². The molecule has 1 saturated heterocycles. The topological polar surface area (TPSA) is 64.6 Å². The molecule has 1 atom stereocenters. The number of carbonyl (C=O) groups excluding carboxylic acids is 1. The molecule has 0 aromatic carbocycles. The molecule has 1 aromatic heterocycles. The fraction of sp³-hybridized carbons (Fsp3) is 0.786. The van der Waals surface area contributed by atoms with E-state index in [-0.39, 0.29) is 11.9 Å². The highest BCUT2D eigenvalue weighted by Gasteiger charge is 2.25. The van der Waals surface area contributed by atoms with Crippen LogP contribution < -0.4 is 5.32 Å². The van der Waals surface area contributed by atoms with E-state index in [1.54, 1.807) is 0 Å². The number of hydrogen-bond acceptors (Lipinski definition) is 7. The Kier molecular flexibility index (Phi) is 6.25. The summed E-state index contributed by atoms with van der Waals surface area (Å²) in [5.41, 5.74) is 0. The maximum Gasteiger partial charge on any atom is 0.243 e. The first-order valence-electron chi connectivity index (χ1n) is 7.66. The van der Waals surface area contributed by atoms with Gasteiger partial charge in [-0.3, -0.25) is 15.0 Å². The summed E-state index contributed by atoms with van der Waals surface area (Å²) in [7, 11) is 6.17. The molecule has 0 saturated carbocycles. The standard InChI is InChI=1S/C14H26N6OS/c1-11(20-9-7-19(4)8-10-20)13(21)15-14-17-16-12(22-14)5-6-18(2)3/h11H,5-10H2,1-4H3,(H,15,17,21). The van der Waals surface area contributed by atoms with Gasteiger partial charge in [0.15, 0.2) is 0 Å². The number of piperazine rings is 1. The van der Waals surface area contributed by atoms with E-state index in [1.807, 2.05) is 21.0 Å². The minimum atomic E-state index is -0.136. The first kappa shape index (κ1) is 17.3. The molecule has 1 N–H and O–H groups in total. The van der Waals surface area contributed by atoms with E-state index in [4.69, 9.17) is 0 Å². The maximum atomic E-state index is 12.3. The van der Waals surface area contributed by atoms with Crippen molar-refractivity contribution in [3.8, 4) is 0 Å². The van der Waals surface area contributed by atoms with Gasteiger partial charge in [0.25, 0.3) is 0 Å². The minimum absolute atomic E-state index is 0.000127. The Labute approximate surface area is 136 Å². The molecule has 0 bridgehead atoms. The second-order valence-corrected chi connectivity index (χ2v) is 7.12. The third kappa shape index (κ3) is 4.98. The second-order valence-electron chi connectivity index (χ2n) is 6.06. The van der Waals surface area contributed by atoms with E-state index in [2.05, 4.69) is 37.3 Å². The Hall–Kier alpha value is -1.09. The number of nitrogens with one attached hydrogen (secondary N) is 1. The third-order valence-electron chi connectivity index (χ3n) is 3.93. The summed E-state index contributed by atoms with van der Waals surface area (Å²) in [6.07, 6.45) is 0.856. The molecule has 0 spiro atoms. The zero-order valence-electron chi connectivity index (χ0n) is 13.9. The molecule has 124 valence electrons. The van der Waals surface area contributed by atoms with E-state index < -0.39 is 0 Å². The first-order chi connectivity index (χ1) is 10.5. The van der Waals surface area contributed by atoms with Gasteiger partial charge in [0, 0.05) is 39.1 Å². The Balaban J connectivity index is 1.83. The number of nitrogens with zero attached hydrogens (tertiary/aromatic N) is 5. The van der Waals surface area contributed by atoms with Crippen LogP contribution >= 0.6 is 11.3 Å². The number of amides is 1. The van der Waals surface area contributed by atoms with Crippen LogP contribution in [-0.4, -0.2) is 90.7 Å². The summed E-state index contributed by atoms with van der Waals surface area (Å²) in [5, 5.41) is 12.6. The lowest BCUT2D eigenvalue weighted by Gasteiger charge is -2.35. The molecule has 1 fully saturated rings. The zero-order chi connectivity index (χ0) is 16.1. The summed E-state index contributed by atoms with van der Waals surface area (Å²) < 4.78 is 0. The summed E-state index contributed by atoms with van der Waals surface area (Å²) in [4.78, 5) is 18.9. The number of anilines is 1. The van der Waals surface area contributed by atoms with Gasteiger partial charge in [0.2, 0.25) is 11.0 Å². The quantitative estimate of drug-likeness (QED) is 0.807. The van der Waals surface area contributed by atoms with Crippen LogP contribution in [0.4, 0.5) is 5.13 Å². The smallest absolute Gasteiger partial charge is 0.243 e. The number of likely N-dealkylation sites (N-methyl/N-ethyl adjacent to an activating group) is 2. The number of rotatable bonds is 6. The average molecular weight is 326 g/mol. The van der Waals surface area contributed by atoms with Gasteiger partial charge in [-0.25, -0.2) is 0 Å². The normalized spacial score (nSPS) is 18.6. The first-order valence-corrected chi connectivity index (χ1v) is 8.48. The molecule has 1 aliphatic heterocycles. The van der Waals surface area contributed by atoms with Gasteiger partial charge in [0.1, 0.15) is 5.01 Å². The van der Waals surface area contributed by atoms with Crippen molar-refractivity contribution in [1.29, 1.82) is 0 Å². The maximum absolute atomic E-state index is 12.3. The van der Waals surface area contributed by atoms with Crippen molar-refractivity contribution in [1.82, 2.24) is 24.9 Å². The Morgan fingerprint density at radius 2 is 2.00 bits per heavy atom. The predicted octanol–water partition coefficient (Wildman–Crippen LogP) is 0.217. The van der Waals surface area contributed by atoms with Crippen LogP contribution in [0.25, 0.3) is 0 Å². The molecular formula is C14H26N6OS. The van der Waals surface area contributed by atoms with Gasteiger partial charge in [0.05, 0.1) is 6.04 Å². The monoisotopic (exact) mass is 326 g/mol. The summed E-state index contributed by atoms with van der Waals surface area (Å²) >= 11 is 1.46. The van der Waals surface area contributed by atoms with Crippen LogP contribution in [0, 0.1) is 0 Å². The van der Waals surface area contributed by atoms with Gasteiger partial charge >= 0.3 is 0 Å². The van der Waals surface area contributed by atoms with Crippen LogP contribution in [0.1, 0.15) is 11.9 Å². The van der Waals surface area contributed by atoms with Gasteiger partial charge in [-0.1, -0.05) is 11.3 Å². The molecule has 22 heavy (non-hydrogen) atoms. The average Bonchev–Trinajstić information content (AvgIpc) is 2.92. The van der Waals surface area contributed by atoms with E-state index >= 15 is 0 Å². The Bertz CT molecular complexity index is 483. The van der Waals surface area contributed by atoms with Crippen molar-refractivity contribution in [2.75, 3.05) is 59.2 Å². The Morgan fingerprint density at radius 1 is 1.32 bits per heavy atom. The molecule has 1 aromatic rings. The molecule has 8 heteroatoms. The summed E-state index contributed by atoms with van der Waals surface area (Å²) in [5.74, 6) is -0.000127. The molecule has 0 radical (unpaired) electrons. The lowest BCUT2D eigenvalue weighted by molar-refractivity contribution is -0.121. The van der Waals surface area contributed by atoms with E-state index in [1.165, 1.54) is 11.3 Å². The molecule has 1 aliphatic rings. The van der Waals surface area contributed by atoms with E-state index in [9.17, 15) is 4.79 Å². The van der Waals surface area contributed by atoms with Crippen molar-refractivity contribution < 1.29 is 4.79 Å². The SMILES string of the molecule is CC(C(=O)Nc1nnc(CCN(C)C)s1)N1CCN(C)CC1. The van der Waals surface area contributed by atoms with Gasteiger partial charge in [-0.05, 0) is 28.1 Å².